The largest absolute Gasteiger partial charge is 0.495 e. The van der Waals surface area contributed by atoms with Crippen LogP contribution in [0.3, 0.4) is 0 Å². The average Bonchev–Trinajstić information content (AvgIpc) is 3.10. The van der Waals surface area contributed by atoms with E-state index in [1.165, 1.54) is 10.2 Å². The first-order chi connectivity index (χ1) is 13.7. The Morgan fingerprint density at radius 2 is 2.07 bits per heavy atom. The number of aromatic nitrogens is 4. The minimum Gasteiger partial charge on any atom is -0.495 e. The normalized spacial score (nSPS) is 14.8. The Kier molecular flexibility index (Phi) is 5.36. The Morgan fingerprint density at radius 3 is 2.82 bits per heavy atom. The zero-order chi connectivity index (χ0) is 19.3. The van der Waals surface area contributed by atoms with Gasteiger partial charge >= 0.3 is 0 Å². The van der Waals surface area contributed by atoms with Crippen molar-refractivity contribution in [3.8, 4) is 11.6 Å². The van der Waals surface area contributed by atoms with Crippen LogP contribution in [-0.2, 0) is 11.3 Å². The highest BCUT2D eigenvalue weighted by Crippen LogP contribution is 2.29. The summed E-state index contributed by atoms with van der Waals surface area (Å²) in [7, 11) is 1.65. The van der Waals surface area contributed by atoms with E-state index in [4.69, 9.17) is 15.2 Å². The summed E-state index contributed by atoms with van der Waals surface area (Å²) in [6.45, 7) is 4.30. The lowest BCUT2D eigenvalue weighted by molar-refractivity contribution is 0.0342. The number of nitrogens with one attached hydrogen (secondary N) is 1. The topological polar surface area (TPSA) is 103 Å². The SMILES string of the molecule is COc1cc(CN2CCOCC2)ccc1Nc1nc(N)n(-c2ccccn2)n1. The zero-order valence-electron chi connectivity index (χ0n) is 15.7. The monoisotopic (exact) mass is 381 g/mol. The maximum absolute atomic E-state index is 5.99. The van der Waals surface area contributed by atoms with Crippen LogP contribution < -0.4 is 15.8 Å². The van der Waals surface area contributed by atoms with Gasteiger partial charge in [-0.05, 0) is 29.8 Å². The van der Waals surface area contributed by atoms with Gasteiger partial charge in [-0.1, -0.05) is 12.1 Å². The summed E-state index contributed by atoms with van der Waals surface area (Å²) in [6.07, 6.45) is 1.68. The van der Waals surface area contributed by atoms with Crippen molar-refractivity contribution in [1.82, 2.24) is 24.6 Å². The molecule has 0 atom stereocenters. The molecule has 0 bridgehead atoms. The highest BCUT2D eigenvalue weighted by atomic mass is 16.5. The fraction of sp³-hybridized carbons (Fsp3) is 0.316. The number of morpholine rings is 1. The molecule has 9 heteroatoms. The second-order valence-corrected chi connectivity index (χ2v) is 6.44. The number of methoxy groups -OCH3 is 1. The summed E-state index contributed by atoms with van der Waals surface area (Å²) in [4.78, 5) is 10.9. The molecule has 4 rings (SSSR count). The zero-order valence-corrected chi connectivity index (χ0v) is 15.7. The Bertz CT molecular complexity index is 923. The molecule has 0 radical (unpaired) electrons. The van der Waals surface area contributed by atoms with Gasteiger partial charge in [-0.25, -0.2) is 4.98 Å². The molecule has 3 heterocycles. The predicted molar refractivity (Wildman–Crippen MR) is 106 cm³/mol. The molecule has 0 aliphatic carbocycles. The maximum atomic E-state index is 5.99. The van der Waals surface area contributed by atoms with Crippen molar-refractivity contribution < 1.29 is 9.47 Å². The first kappa shape index (κ1) is 18.2. The number of hydrogen-bond donors (Lipinski definition) is 2. The van der Waals surface area contributed by atoms with Crippen molar-refractivity contribution in [1.29, 1.82) is 0 Å². The van der Waals surface area contributed by atoms with E-state index in [-0.39, 0.29) is 5.95 Å². The smallest absolute Gasteiger partial charge is 0.249 e. The van der Waals surface area contributed by atoms with Crippen molar-refractivity contribution in [2.24, 2.45) is 0 Å². The number of pyridine rings is 1. The number of nitrogens with zero attached hydrogens (tertiary/aromatic N) is 5. The molecule has 0 unspecified atom stereocenters. The third-order valence-electron chi connectivity index (χ3n) is 4.52. The Balaban J connectivity index is 1.51. The Hall–Kier alpha value is -3.17. The highest BCUT2D eigenvalue weighted by Gasteiger charge is 2.14. The number of hydrogen-bond acceptors (Lipinski definition) is 8. The predicted octanol–water partition coefficient (Wildman–Crippen LogP) is 1.83. The molecule has 1 aliphatic heterocycles. The summed E-state index contributed by atoms with van der Waals surface area (Å²) >= 11 is 0. The molecule has 3 N–H and O–H groups in total. The van der Waals surface area contributed by atoms with Crippen LogP contribution in [0.1, 0.15) is 5.56 Å². The first-order valence-corrected chi connectivity index (χ1v) is 9.11. The number of benzene rings is 1. The Morgan fingerprint density at radius 1 is 1.21 bits per heavy atom. The van der Waals surface area contributed by atoms with E-state index in [0.717, 1.165) is 44.3 Å². The summed E-state index contributed by atoms with van der Waals surface area (Å²) in [6, 6.07) is 11.6. The van der Waals surface area contributed by atoms with Gasteiger partial charge in [0.2, 0.25) is 11.9 Å². The third-order valence-corrected chi connectivity index (χ3v) is 4.52. The molecule has 1 fully saturated rings. The number of nitrogen functional groups attached to an aromatic ring is 1. The molecule has 1 aromatic carbocycles. The van der Waals surface area contributed by atoms with Crippen molar-refractivity contribution >= 4 is 17.6 Å². The molecule has 146 valence electrons. The molecule has 28 heavy (non-hydrogen) atoms. The lowest BCUT2D eigenvalue weighted by Gasteiger charge is -2.26. The maximum Gasteiger partial charge on any atom is 0.249 e. The van der Waals surface area contributed by atoms with Crippen LogP contribution in [0.15, 0.2) is 42.6 Å². The fourth-order valence-electron chi connectivity index (χ4n) is 3.10. The van der Waals surface area contributed by atoms with E-state index < -0.39 is 0 Å². The van der Waals surface area contributed by atoms with Crippen LogP contribution in [0.5, 0.6) is 5.75 Å². The molecule has 0 spiro atoms. The molecule has 2 aromatic heterocycles. The summed E-state index contributed by atoms with van der Waals surface area (Å²) in [5.74, 6) is 1.96. The number of ether oxygens (including phenoxy) is 2. The lowest BCUT2D eigenvalue weighted by atomic mass is 10.1. The van der Waals surface area contributed by atoms with Gasteiger partial charge < -0.3 is 20.5 Å². The van der Waals surface area contributed by atoms with Crippen molar-refractivity contribution in [3.05, 3.63) is 48.2 Å². The van der Waals surface area contributed by atoms with E-state index >= 15 is 0 Å². The van der Waals surface area contributed by atoms with Gasteiger partial charge in [0.25, 0.3) is 0 Å². The van der Waals surface area contributed by atoms with Crippen molar-refractivity contribution in [2.75, 3.05) is 44.5 Å². The number of rotatable bonds is 6. The van der Waals surface area contributed by atoms with E-state index in [9.17, 15) is 0 Å². The summed E-state index contributed by atoms with van der Waals surface area (Å²) < 4.78 is 12.4. The summed E-state index contributed by atoms with van der Waals surface area (Å²) in [5, 5.41) is 7.57. The first-order valence-electron chi connectivity index (χ1n) is 9.11. The van der Waals surface area contributed by atoms with E-state index in [0.29, 0.717) is 11.8 Å². The molecular weight excluding hydrogens is 358 g/mol. The van der Waals surface area contributed by atoms with Gasteiger partial charge in [0, 0.05) is 25.8 Å². The third kappa shape index (κ3) is 4.05. The van der Waals surface area contributed by atoms with E-state index in [1.807, 2.05) is 30.3 Å². The van der Waals surface area contributed by atoms with Crippen molar-refractivity contribution in [2.45, 2.75) is 6.54 Å². The van der Waals surface area contributed by atoms with Gasteiger partial charge in [-0.2, -0.15) is 9.67 Å². The number of nitrogens with two attached hydrogens (primary N) is 1. The average molecular weight is 381 g/mol. The van der Waals surface area contributed by atoms with Crippen LogP contribution in [0.2, 0.25) is 0 Å². The molecule has 9 nitrogen and oxygen atoms in total. The van der Waals surface area contributed by atoms with Gasteiger partial charge in [0.05, 0.1) is 26.0 Å². The van der Waals surface area contributed by atoms with Crippen LogP contribution >= 0.6 is 0 Å². The second kappa shape index (κ2) is 8.24. The standard InChI is InChI=1S/C19H23N7O2/c1-27-16-12-14(13-25-8-10-28-11-9-25)5-6-15(16)22-19-23-18(20)26(24-19)17-4-2-3-7-21-17/h2-7,12H,8-11,13H2,1H3,(H3,20,22,23,24). The fourth-order valence-corrected chi connectivity index (χ4v) is 3.10. The van der Waals surface area contributed by atoms with Gasteiger partial charge in [-0.3, -0.25) is 4.90 Å². The second-order valence-electron chi connectivity index (χ2n) is 6.44. The molecule has 1 saturated heterocycles. The van der Waals surface area contributed by atoms with Crippen LogP contribution in [0.4, 0.5) is 17.6 Å². The van der Waals surface area contributed by atoms with Crippen LogP contribution in [-0.4, -0.2) is 58.1 Å². The minimum absolute atomic E-state index is 0.254. The van der Waals surface area contributed by atoms with E-state index in [1.54, 1.807) is 13.3 Å². The molecule has 0 saturated carbocycles. The Labute approximate surface area is 163 Å². The van der Waals surface area contributed by atoms with E-state index in [2.05, 4.69) is 31.3 Å². The highest BCUT2D eigenvalue weighted by molar-refractivity contribution is 5.64. The van der Waals surface area contributed by atoms with Gasteiger partial charge in [0.15, 0.2) is 5.82 Å². The quantitative estimate of drug-likeness (QED) is 0.667. The lowest BCUT2D eigenvalue weighted by Crippen LogP contribution is -2.35. The molecule has 3 aromatic rings. The summed E-state index contributed by atoms with van der Waals surface area (Å²) in [5.41, 5.74) is 7.93. The van der Waals surface area contributed by atoms with Crippen LogP contribution in [0, 0.1) is 0 Å². The molecular formula is C19H23N7O2. The molecule has 1 aliphatic rings. The van der Waals surface area contributed by atoms with Gasteiger partial charge in [-0.15, -0.1) is 5.10 Å². The minimum atomic E-state index is 0.254. The van der Waals surface area contributed by atoms with Crippen LogP contribution in [0.25, 0.3) is 5.82 Å². The van der Waals surface area contributed by atoms with Crippen molar-refractivity contribution in [3.63, 3.8) is 0 Å². The number of anilines is 3. The molecule has 0 amide bonds. The van der Waals surface area contributed by atoms with Gasteiger partial charge in [0.1, 0.15) is 5.75 Å².